The van der Waals surface area contributed by atoms with Crippen molar-refractivity contribution in [3.63, 3.8) is 0 Å². The number of halogens is 2. The summed E-state index contributed by atoms with van der Waals surface area (Å²) in [6.45, 7) is 0.00155. The number of aliphatic hydroxyl groups is 1. The Morgan fingerprint density at radius 1 is 1.43 bits per heavy atom. The first kappa shape index (κ1) is 15.5. The maximum atomic E-state index is 13.6. The van der Waals surface area contributed by atoms with Gasteiger partial charge in [0.05, 0.1) is 22.7 Å². The molecule has 0 radical (unpaired) electrons. The van der Waals surface area contributed by atoms with E-state index in [1.165, 1.54) is 23.5 Å². The molecule has 0 saturated carbocycles. The van der Waals surface area contributed by atoms with Crippen LogP contribution in [0.3, 0.4) is 0 Å². The van der Waals surface area contributed by atoms with Gasteiger partial charge in [0.15, 0.2) is 0 Å². The van der Waals surface area contributed by atoms with Crippen molar-refractivity contribution in [3.8, 4) is 11.8 Å². The molecule has 0 aliphatic heterocycles. The van der Waals surface area contributed by atoms with Crippen LogP contribution in [-0.2, 0) is 0 Å². The summed E-state index contributed by atoms with van der Waals surface area (Å²) in [5, 5.41) is 13.0. The van der Waals surface area contributed by atoms with Crippen molar-refractivity contribution >= 4 is 34.5 Å². The summed E-state index contributed by atoms with van der Waals surface area (Å²) in [7, 11) is 0. The summed E-state index contributed by atoms with van der Waals surface area (Å²) in [6, 6.07) is 5.67. The molecule has 0 spiro atoms. The zero-order valence-corrected chi connectivity index (χ0v) is 12.4. The van der Waals surface area contributed by atoms with Crippen molar-refractivity contribution in [3.05, 3.63) is 50.9 Å². The number of anilines is 1. The van der Waals surface area contributed by atoms with Gasteiger partial charge in [-0.25, -0.2) is 4.39 Å². The van der Waals surface area contributed by atoms with Crippen LogP contribution in [-0.4, -0.2) is 17.6 Å². The fourth-order valence-electron chi connectivity index (χ4n) is 1.51. The van der Waals surface area contributed by atoms with Gasteiger partial charge >= 0.3 is 0 Å². The van der Waals surface area contributed by atoms with Crippen LogP contribution in [0.4, 0.5) is 10.1 Å². The molecule has 1 aromatic heterocycles. The lowest BCUT2D eigenvalue weighted by Gasteiger charge is -2.05. The SMILES string of the molecule is O=C(Nc1ccc(Cl)cc1F)c1csc(C#CCCO)c1. The molecule has 2 rings (SSSR count). The Morgan fingerprint density at radius 3 is 2.95 bits per heavy atom. The number of nitrogens with one attached hydrogen (secondary N) is 1. The van der Waals surface area contributed by atoms with E-state index in [9.17, 15) is 9.18 Å². The third-order valence-electron chi connectivity index (χ3n) is 2.49. The van der Waals surface area contributed by atoms with Gasteiger partial charge < -0.3 is 10.4 Å². The molecule has 2 aromatic rings. The molecular weight excluding hydrogens is 313 g/mol. The van der Waals surface area contributed by atoms with Gasteiger partial charge in [-0.3, -0.25) is 4.79 Å². The van der Waals surface area contributed by atoms with E-state index in [1.807, 2.05) is 0 Å². The van der Waals surface area contributed by atoms with Gasteiger partial charge in [0.2, 0.25) is 0 Å². The highest BCUT2D eigenvalue weighted by Gasteiger charge is 2.11. The number of carbonyl (C=O) groups is 1. The second-order valence-corrected chi connectivity index (χ2v) is 5.40. The smallest absolute Gasteiger partial charge is 0.256 e. The predicted molar refractivity (Wildman–Crippen MR) is 82.3 cm³/mol. The molecule has 1 aromatic carbocycles. The Hall–Kier alpha value is -1.87. The second kappa shape index (κ2) is 7.23. The number of carbonyl (C=O) groups excluding carboxylic acids is 1. The quantitative estimate of drug-likeness (QED) is 0.849. The van der Waals surface area contributed by atoms with Crippen molar-refractivity contribution in [2.24, 2.45) is 0 Å². The Morgan fingerprint density at radius 2 is 2.24 bits per heavy atom. The lowest BCUT2D eigenvalue weighted by molar-refractivity contribution is 0.102. The average molecular weight is 324 g/mol. The first-order valence-electron chi connectivity index (χ1n) is 6.05. The standard InChI is InChI=1S/C15H11ClFNO2S/c16-11-4-5-14(13(17)8-11)18-15(20)10-7-12(21-9-10)3-1-2-6-19/h4-5,7-9,19H,2,6H2,(H,18,20). The molecule has 108 valence electrons. The van der Waals surface area contributed by atoms with Gasteiger partial charge in [0, 0.05) is 16.8 Å². The summed E-state index contributed by atoms with van der Waals surface area (Å²) in [4.78, 5) is 12.7. The Labute approximate surface area is 130 Å². The van der Waals surface area contributed by atoms with E-state index in [4.69, 9.17) is 16.7 Å². The molecular formula is C15H11ClFNO2S. The van der Waals surface area contributed by atoms with E-state index in [-0.39, 0.29) is 17.3 Å². The summed E-state index contributed by atoms with van der Waals surface area (Å²) in [5.41, 5.74) is 0.478. The number of hydrogen-bond acceptors (Lipinski definition) is 3. The van der Waals surface area contributed by atoms with Crippen LogP contribution in [0.1, 0.15) is 21.7 Å². The monoisotopic (exact) mass is 323 g/mol. The minimum absolute atomic E-state index is 0.00155. The van der Waals surface area contributed by atoms with Gasteiger partial charge in [-0.05, 0) is 24.3 Å². The van der Waals surface area contributed by atoms with Crippen LogP contribution in [0, 0.1) is 17.7 Å². The Kier molecular flexibility index (Phi) is 5.34. The third kappa shape index (κ3) is 4.30. The van der Waals surface area contributed by atoms with Crippen LogP contribution in [0.25, 0.3) is 0 Å². The summed E-state index contributed by atoms with van der Waals surface area (Å²) in [6.07, 6.45) is 0.384. The maximum absolute atomic E-state index is 13.6. The fourth-order valence-corrected chi connectivity index (χ4v) is 2.43. The van der Waals surface area contributed by atoms with Crippen LogP contribution in [0.15, 0.2) is 29.6 Å². The van der Waals surface area contributed by atoms with Crippen molar-refractivity contribution in [1.82, 2.24) is 0 Å². The molecule has 0 aliphatic carbocycles. The number of amides is 1. The first-order valence-corrected chi connectivity index (χ1v) is 7.30. The van der Waals surface area contributed by atoms with Crippen molar-refractivity contribution in [1.29, 1.82) is 0 Å². The molecule has 21 heavy (non-hydrogen) atoms. The highest BCUT2D eigenvalue weighted by molar-refractivity contribution is 7.10. The van der Waals surface area contributed by atoms with E-state index in [1.54, 1.807) is 11.4 Å². The summed E-state index contributed by atoms with van der Waals surface area (Å²) >= 11 is 6.96. The van der Waals surface area contributed by atoms with Gasteiger partial charge in [-0.15, -0.1) is 11.3 Å². The lowest BCUT2D eigenvalue weighted by Crippen LogP contribution is -2.11. The Bertz CT molecular complexity index is 718. The minimum Gasteiger partial charge on any atom is -0.395 e. The van der Waals surface area contributed by atoms with Crippen LogP contribution in [0.2, 0.25) is 5.02 Å². The average Bonchev–Trinajstić information content (AvgIpc) is 2.91. The highest BCUT2D eigenvalue weighted by Crippen LogP contribution is 2.21. The molecule has 1 amide bonds. The van der Waals surface area contributed by atoms with Gasteiger partial charge in [0.1, 0.15) is 5.82 Å². The normalized spacial score (nSPS) is 9.86. The molecule has 0 bridgehead atoms. The van der Waals surface area contributed by atoms with Crippen LogP contribution in [0.5, 0.6) is 0 Å². The lowest BCUT2D eigenvalue weighted by atomic mass is 10.2. The third-order valence-corrected chi connectivity index (χ3v) is 3.57. The molecule has 0 saturated heterocycles. The molecule has 1 heterocycles. The van der Waals surface area contributed by atoms with Gasteiger partial charge in [-0.2, -0.15) is 0 Å². The van der Waals surface area contributed by atoms with Crippen LogP contribution >= 0.6 is 22.9 Å². The number of hydrogen-bond donors (Lipinski definition) is 2. The highest BCUT2D eigenvalue weighted by atomic mass is 35.5. The number of aliphatic hydroxyl groups excluding tert-OH is 1. The topological polar surface area (TPSA) is 49.3 Å². The zero-order valence-electron chi connectivity index (χ0n) is 10.8. The van der Waals surface area contributed by atoms with Crippen molar-refractivity contribution in [2.75, 3.05) is 11.9 Å². The van der Waals surface area contributed by atoms with Gasteiger partial charge in [-0.1, -0.05) is 23.4 Å². The largest absolute Gasteiger partial charge is 0.395 e. The number of thiophene rings is 1. The first-order chi connectivity index (χ1) is 10.1. The molecule has 0 aliphatic rings. The van der Waals surface area contributed by atoms with E-state index >= 15 is 0 Å². The van der Waals surface area contributed by atoms with Crippen molar-refractivity contribution in [2.45, 2.75) is 6.42 Å². The molecule has 0 unspecified atom stereocenters. The number of benzene rings is 1. The number of rotatable bonds is 3. The summed E-state index contributed by atoms with van der Waals surface area (Å²) < 4.78 is 13.6. The Balaban J connectivity index is 2.09. The maximum Gasteiger partial charge on any atom is 0.256 e. The minimum atomic E-state index is -0.589. The van der Waals surface area contributed by atoms with Crippen molar-refractivity contribution < 1.29 is 14.3 Å². The van der Waals surface area contributed by atoms with Crippen LogP contribution < -0.4 is 5.32 Å². The molecule has 0 atom stereocenters. The van der Waals surface area contributed by atoms with Gasteiger partial charge in [0.25, 0.3) is 5.91 Å². The fraction of sp³-hybridized carbons (Fsp3) is 0.133. The van der Waals surface area contributed by atoms with E-state index in [0.29, 0.717) is 16.9 Å². The summed E-state index contributed by atoms with van der Waals surface area (Å²) in [5.74, 6) is 4.61. The molecule has 6 heteroatoms. The predicted octanol–water partition coefficient (Wildman–Crippen LogP) is 3.53. The molecule has 3 nitrogen and oxygen atoms in total. The molecule has 0 fully saturated rings. The zero-order chi connectivity index (χ0) is 15.2. The second-order valence-electron chi connectivity index (χ2n) is 4.05. The van der Waals surface area contributed by atoms with E-state index < -0.39 is 11.7 Å². The van der Waals surface area contributed by atoms with E-state index in [2.05, 4.69) is 17.2 Å². The molecule has 2 N–H and O–H groups in total. The van der Waals surface area contributed by atoms with E-state index in [0.717, 1.165) is 6.07 Å².